The number of methoxy groups -OCH3 is 1. The van der Waals surface area contributed by atoms with Gasteiger partial charge >= 0.3 is 12.0 Å². The number of carbonyl (C=O) groups is 4. The van der Waals surface area contributed by atoms with Crippen molar-refractivity contribution < 1.29 is 28.7 Å². The van der Waals surface area contributed by atoms with E-state index in [2.05, 4.69) is 5.32 Å². The monoisotopic (exact) mass is 439 g/mol. The Labute approximate surface area is 185 Å². The number of rotatable bonds is 9. The van der Waals surface area contributed by atoms with Crippen LogP contribution in [-0.2, 0) is 19.1 Å². The van der Waals surface area contributed by atoms with E-state index in [4.69, 9.17) is 9.47 Å². The predicted molar refractivity (Wildman–Crippen MR) is 117 cm³/mol. The fourth-order valence-corrected chi connectivity index (χ4v) is 3.42. The first kappa shape index (κ1) is 23.0. The third kappa shape index (κ3) is 5.12. The highest BCUT2D eigenvalue weighted by atomic mass is 16.5. The molecule has 0 unspecified atom stereocenters. The molecule has 0 bridgehead atoms. The van der Waals surface area contributed by atoms with Crippen molar-refractivity contribution in [3.63, 3.8) is 0 Å². The smallest absolute Gasteiger partial charge is 0.338 e. The van der Waals surface area contributed by atoms with E-state index in [0.717, 1.165) is 4.90 Å². The minimum atomic E-state index is -0.967. The van der Waals surface area contributed by atoms with Gasteiger partial charge < -0.3 is 19.7 Å². The number of para-hydroxylation sites is 1. The van der Waals surface area contributed by atoms with Gasteiger partial charge in [0, 0.05) is 19.3 Å². The van der Waals surface area contributed by atoms with Crippen LogP contribution in [0.2, 0.25) is 0 Å². The maximum atomic E-state index is 13.1. The number of benzene rings is 2. The van der Waals surface area contributed by atoms with Crippen LogP contribution in [-0.4, -0.2) is 61.6 Å². The van der Waals surface area contributed by atoms with Crippen molar-refractivity contribution in [3.05, 3.63) is 60.2 Å². The molecular weight excluding hydrogens is 414 g/mol. The van der Waals surface area contributed by atoms with E-state index in [1.165, 1.54) is 18.1 Å². The second-order valence-electron chi connectivity index (χ2n) is 7.05. The Morgan fingerprint density at radius 1 is 1.06 bits per heavy atom. The van der Waals surface area contributed by atoms with Gasteiger partial charge in [0.15, 0.2) is 0 Å². The number of imide groups is 1. The summed E-state index contributed by atoms with van der Waals surface area (Å²) >= 11 is 0. The summed E-state index contributed by atoms with van der Waals surface area (Å²) in [6, 6.07) is 13.4. The van der Waals surface area contributed by atoms with Crippen LogP contribution in [0.1, 0.15) is 23.7 Å². The molecule has 0 saturated carbocycles. The molecule has 1 atom stereocenters. The number of ether oxygens (including phenoxy) is 2. The normalized spacial score (nSPS) is 15.8. The Bertz CT molecular complexity index is 994. The number of hydrogen-bond donors (Lipinski definition) is 1. The van der Waals surface area contributed by atoms with E-state index in [1.54, 1.807) is 55.5 Å². The summed E-state index contributed by atoms with van der Waals surface area (Å²) in [6.07, 6.45) is -0.235. The number of nitrogens with one attached hydrogen (secondary N) is 1. The average molecular weight is 439 g/mol. The third-order valence-corrected chi connectivity index (χ3v) is 4.91. The number of anilines is 2. The number of carbonyl (C=O) groups excluding carboxylic acids is 4. The molecule has 1 heterocycles. The zero-order chi connectivity index (χ0) is 23.1. The topological polar surface area (TPSA) is 105 Å². The molecule has 1 fully saturated rings. The van der Waals surface area contributed by atoms with Crippen LogP contribution >= 0.6 is 0 Å². The maximum Gasteiger partial charge on any atom is 0.338 e. The molecule has 0 aliphatic carbocycles. The Hall–Kier alpha value is -3.72. The van der Waals surface area contributed by atoms with E-state index < -0.39 is 29.9 Å². The molecule has 32 heavy (non-hydrogen) atoms. The van der Waals surface area contributed by atoms with Gasteiger partial charge in [0.05, 0.1) is 30.9 Å². The maximum absolute atomic E-state index is 13.1. The fourth-order valence-electron chi connectivity index (χ4n) is 3.42. The number of amides is 4. The minimum absolute atomic E-state index is 0.167. The molecule has 1 N–H and O–H groups in total. The lowest BCUT2D eigenvalue weighted by molar-refractivity contribution is -0.124. The number of nitrogens with zero attached hydrogens (tertiary/aromatic N) is 2. The SMILES string of the molecule is CCOC(=O)c1cccc(NC(=O)C[C@H]2C(=O)N(c3ccccc3)C(=O)N2CCOC)c1. The highest BCUT2D eigenvalue weighted by molar-refractivity contribution is 6.22. The second-order valence-corrected chi connectivity index (χ2v) is 7.05. The first-order valence-electron chi connectivity index (χ1n) is 10.2. The van der Waals surface area contributed by atoms with Gasteiger partial charge in [0.2, 0.25) is 5.91 Å². The van der Waals surface area contributed by atoms with Gasteiger partial charge in [-0.1, -0.05) is 24.3 Å². The van der Waals surface area contributed by atoms with Gasteiger partial charge in [0.1, 0.15) is 6.04 Å². The van der Waals surface area contributed by atoms with Crippen LogP contribution in [0.25, 0.3) is 0 Å². The zero-order valence-corrected chi connectivity index (χ0v) is 17.9. The molecule has 4 amide bonds. The molecule has 168 valence electrons. The van der Waals surface area contributed by atoms with Crippen LogP contribution in [0.5, 0.6) is 0 Å². The molecule has 2 aromatic rings. The molecule has 9 heteroatoms. The molecule has 1 aliphatic rings. The highest BCUT2D eigenvalue weighted by Crippen LogP contribution is 2.27. The lowest BCUT2D eigenvalue weighted by atomic mass is 10.1. The van der Waals surface area contributed by atoms with Crippen molar-refractivity contribution in [2.75, 3.05) is 37.1 Å². The Morgan fingerprint density at radius 2 is 1.81 bits per heavy atom. The van der Waals surface area contributed by atoms with E-state index in [1.807, 2.05) is 0 Å². The first-order valence-corrected chi connectivity index (χ1v) is 10.2. The van der Waals surface area contributed by atoms with Gasteiger partial charge in [-0.2, -0.15) is 0 Å². The predicted octanol–water partition coefficient (Wildman–Crippen LogP) is 2.68. The zero-order valence-electron chi connectivity index (χ0n) is 17.9. The van der Waals surface area contributed by atoms with E-state index in [9.17, 15) is 19.2 Å². The number of hydrogen-bond acceptors (Lipinski definition) is 6. The van der Waals surface area contributed by atoms with E-state index in [-0.39, 0.29) is 26.2 Å². The quantitative estimate of drug-likeness (QED) is 0.476. The van der Waals surface area contributed by atoms with Gasteiger partial charge in [-0.25, -0.2) is 14.5 Å². The molecule has 0 spiro atoms. The summed E-state index contributed by atoms with van der Waals surface area (Å²) in [5, 5.41) is 2.69. The third-order valence-electron chi connectivity index (χ3n) is 4.91. The van der Waals surface area contributed by atoms with Crippen molar-refractivity contribution in [3.8, 4) is 0 Å². The van der Waals surface area contributed by atoms with Crippen molar-refractivity contribution in [1.29, 1.82) is 0 Å². The summed E-state index contributed by atoms with van der Waals surface area (Å²) in [7, 11) is 1.50. The average Bonchev–Trinajstić information content (AvgIpc) is 3.02. The molecule has 2 aromatic carbocycles. The standard InChI is InChI=1S/C23H25N3O6/c1-3-32-22(29)16-8-7-9-17(14-16)24-20(27)15-19-21(28)26(18-10-5-4-6-11-18)23(30)25(19)12-13-31-2/h4-11,14,19H,3,12-13,15H2,1-2H3,(H,24,27)/t19-/m0/s1. The van der Waals surface area contributed by atoms with Crippen LogP contribution in [0.15, 0.2) is 54.6 Å². The number of urea groups is 1. The van der Waals surface area contributed by atoms with Crippen LogP contribution in [0.4, 0.5) is 16.2 Å². The Balaban J connectivity index is 1.76. The Kier molecular flexibility index (Phi) is 7.56. The molecule has 0 radical (unpaired) electrons. The fraction of sp³-hybridized carbons (Fsp3) is 0.304. The van der Waals surface area contributed by atoms with Crippen LogP contribution < -0.4 is 10.2 Å². The summed E-state index contributed by atoms with van der Waals surface area (Å²) < 4.78 is 10.0. The second kappa shape index (κ2) is 10.5. The summed E-state index contributed by atoms with van der Waals surface area (Å²) in [5.74, 6) is -1.44. The molecule has 3 rings (SSSR count). The molecule has 9 nitrogen and oxygen atoms in total. The van der Waals surface area contributed by atoms with Crippen molar-refractivity contribution >= 4 is 35.2 Å². The summed E-state index contributed by atoms with van der Waals surface area (Å²) in [5.41, 5.74) is 1.13. The highest BCUT2D eigenvalue weighted by Gasteiger charge is 2.46. The lowest BCUT2D eigenvalue weighted by Crippen LogP contribution is -2.39. The summed E-state index contributed by atoms with van der Waals surface area (Å²) in [4.78, 5) is 53.1. The Morgan fingerprint density at radius 3 is 2.50 bits per heavy atom. The lowest BCUT2D eigenvalue weighted by Gasteiger charge is -2.21. The largest absolute Gasteiger partial charge is 0.462 e. The molecule has 0 aromatic heterocycles. The van der Waals surface area contributed by atoms with Crippen molar-refractivity contribution in [1.82, 2.24) is 4.90 Å². The minimum Gasteiger partial charge on any atom is -0.462 e. The molecular formula is C23H25N3O6. The van der Waals surface area contributed by atoms with E-state index >= 15 is 0 Å². The van der Waals surface area contributed by atoms with Crippen LogP contribution in [0, 0.1) is 0 Å². The number of esters is 1. The summed E-state index contributed by atoms with van der Waals surface area (Å²) in [6.45, 7) is 2.34. The molecule has 1 aliphatic heterocycles. The van der Waals surface area contributed by atoms with Crippen molar-refractivity contribution in [2.24, 2.45) is 0 Å². The van der Waals surface area contributed by atoms with Crippen LogP contribution in [0.3, 0.4) is 0 Å². The van der Waals surface area contributed by atoms with Gasteiger partial charge in [-0.05, 0) is 37.3 Å². The van der Waals surface area contributed by atoms with Gasteiger partial charge in [-0.3, -0.25) is 9.59 Å². The van der Waals surface area contributed by atoms with E-state index in [0.29, 0.717) is 16.9 Å². The molecule has 1 saturated heterocycles. The van der Waals surface area contributed by atoms with Crippen molar-refractivity contribution in [2.45, 2.75) is 19.4 Å². The van der Waals surface area contributed by atoms with Gasteiger partial charge in [-0.15, -0.1) is 0 Å². The first-order chi connectivity index (χ1) is 15.5. The van der Waals surface area contributed by atoms with Gasteiger partial charge in [0.25, 0.3) is 5.91 Å².